The van der Waals surface area contributed by atoms with Gasteiger partial charge in [-0.25, -0.2) is 0 Å². The maximum absolute atomic E-state index is 13.6. The Morgan fingerprint density at radius 3 is 2.41 bits per heavy atom. The Morgan fingerprint density at radius 2 is 1.81 bits per heavy atom. The number of hydrogen-bond donors (Lipinski definition) is 3. The molecule has 0 spiro atoms. The van der Waals surface area contributed by atoms with E-state index in [2.05, 4.69) is 17.6 Å². The van der Waals surface area contributed by atoms with Crippen LogP contribution in [0.5, 0.6) is 0 Å². The molecule has 1 aliphatic carbocycles. The Balaban J connectivity index is 1.99. The van der Waals surface area contributed by atoms with Gasteiger partial charge in [-0.15, -0.1) is 0 Å². The standard InChI is InChI=1S/C25H35N3O4/c1-5-8-17-11-12-18-20(19(17)23(30)26-4)25(32)28(13-7-14-29)22(18)24(31)27-21-15(2)9-6-10-16(21)3/h6,9-12,17-20,22,29H,5,7-8,13-14H2,1-4H3,(H,26,30)(H,27,31)/t17-,18+,19-,20-,22+/m1/s1. The van der Waals surface area contributed by atoms with Gasteiger partial charge in [0.25, 0.3) is 0 Å². The number of aliphatic hydroxyl groups excluding tert-OH is 1. The van der Waals surface area contributed by atoms with Gasteiger partial charge in [-0.3, -0.25) is 14.4 Å². The van der Waals surface area contributed by atoms with Gasteiger partial charge in [0.15, 0.2) is 0 Å². The quantitative estimate of drug-likeness (QED) is 0.540. The summed E-state index contributed by atoms with van der Waals surface area (Å²) in [6.07, 6.45) is 6.08. The molecular formula is C25H35N3O4. The monoisotopic (exact) mass is 441 g/mol. The maximum atomic E-state index is 13.6. The zero-order valence-corrected chi connectivity index (χ0v) is 19.4. The molecule has 2 aliphatic rings. The van der Waals surface area contributed by atoms with Gasteiger partial charge in [0.05, 0.1) is 11.8 Å². The molecule has 1 heterocycles. The number of nitrogens with one attached hydrogen (secondary N) is 2. The van der Waals surface area contributed by atoms with Gasteiger partial charge in [-0.05, 0) is 43.7 Å². The lowest BCUT2D eigenvalue weighted by Gasteiger charge is -2.34. The number of hydrogen-bond acceptors (Lipinski definition) is 4. The Hall–Kier alpha value is -2.67. The molecule has 0 saturated carbocycles. The summed E-state index contributed by atoms with van der Waals surface area (Å²) in [6, 6.07) is 5.09. The van der Waals surface area contributed by atoms with Crippen molar-refractivity contribution >= 4 is 23.4 Å². The van der Waals surface area contributed by atoms with Gasteiger partial charge < -0.3 is 20.6 Å². The van der Waals surface area contributed by atoms with Gasteiger partial charge in [0.2, 0.25) is 17.7 Å². The average molecular weight is 442 g/mol. The van der Waals surface area contributed by atoms with Gasteiger partial charge in [-0.1, -0.05) is 43.7 Å². The van der Waals surface area contributed by atoms with Crippen LogP contribution in [0.2, 0.25) is 0 Å². The van der Waals surface area contributed by atoms with Crippen LogP contribution in [0.4, 0.5) is 5.69 Å². The number of nitrogens with zero attached hydrogens (tertiary/aromatic N) is 1. The molecule has 3 amide bonds. The van der Waals surface area contributed by atoms with Crippen molar-refractivity contribution in [2.24, 2.45) is 23.7 Å². The predicted octanol–water partition coefficient (Wildman–Crippen LogP) is 2.42. The summed E-state index contributed by atoms with van der Waals surface area (Å²) in [6.45, 7) is 6.14. The molecule has 1 aromatic rings. The van der Waals surface area contributed by atoms with Gasteiger partial charge in [-0.2, -0.15) is 0 Å². The van der Waals surface area contributed by atoms with Crippen LogP contribution >= 0.6 is 0 Å². The highest BCUT2D eigenvalue weighted by Gasteiger charge is 2.56. The number of rotatable bonds is 8. The second kappa shape index (κ2) is 10.3. The molecule has 5 atom stereocenters. The van der Waals surface area contributed by atoms with E-state index in [9.17, 15) is 19.5 Å². The van der Waals surface area contributed by atoms with Gasteiger partial charge in [0.1, 0.15) is 6.04 Å². The van der Waals surface area contributed by atoms with Crippen LogP contribution < -0.4 is 10.6 Å². The van der Waals surface area contributed by atoms with E-state index in [-0.39, 0.29) is 42.7 Å². The summed E-state index contributed by atoms with van der Waals surface area (Å²) in [5.74, 6) is -2.10. The minimum atomic E-state index is -0.718. The van der Waals surface area contributed by atoms with E-state index < -0.39 is 17.9 Å². The van der Waals surface area contributed by atoms with Crippen molar-refractivity contribution in [1.82, 2.24) is 10.2 Å². The minimum Gasteiger partial charge on any atom is -0.396 e. The number of carbonyl (C=O) groups is 3. The first kappa shape index (κ1) is 24.0. The molecule has 1 fully saturated rings. The third kappa shape index (κ3) is 4.44. The van der Waals surface area contributed by atoms with Crippen LogP contribution in [0.3, 0.4) is 0 Å². The molecule has 1 aliphatic heterocycles. The van der Waals surface area contributed by atoms with E-state index in [1.807, 2.05) is 44.2 Å². The number of aryl methyl sites for hydroxylation is 2. The largest absolute Gasteiger partial charge is 0.396 e. The molecule has 7 heteroatoms. The number of allylic oxidation sites excluding steroid dienone is 1. The van der Waals surface area contributed by atoms with Crippen LogP contribution in [-0.4, -0.2) is 54.0 Å². The molecule has 0 radical (unpaired) electrons. The summed E-state index contributed by atoms with van der Waals surface area (Å²) >= 11 is 0. The number of fused-ring (bicyclic) bond motifs is 1. The van der Waals surface area contributed by atoms with Crippen LogP contribution in [0.1, 0.15) is 37.3 Å². The fourth-order valence-electron chi connectivity index (χ4n) is 5.32. The number of amides is 3. The van der Waals surface area contributed by atoms with Crippen molar-refractivity contribution in [1.29, 1.82) is 0 Å². The highest BCUT2D eigenvalue weighted by molar-refractivity contribution is 6.02. The summed E-state index contributed by atoms with van der Waals surface area (Å²) in [4.78, 5) is 41.6. The zero-order valence-electron chi connectivity index (χ0n) is 19.4. The number of aliphatic hydroxyl groups is 1. The van der Waals surface area contributed by atoms with E-state index in [1.54, 1.807) is 11.9 Å². The molecule has 0 unspecified atom stereocenters. The van der Waals surface area contributed by atoms with Crippen molar-refractivity contribution in [3.05, 3.63) is 41.5 Å². The normalized spacial score (nSPS) is 26.7. The molecule has 1 saturated heterocycles. The lowest BCUT2D eigenvalue weighted by Crippen LogP contribution is -2.45. The molecule has 32 heavy (non-hydrogen) atoms. The smallest absolute Gasteiger partial charge is 0.247 e. The van der Waals surface area contributed by atoms with E-state index in [1.165, 1.54) is 0 Å². The fourth-order valence-corrected chi connectivity index (χ4v) is 5.32. The Labute approximate surface area is 190 Å². The zero-order chi connectivity index (χ0) is 23.4. The van der Waals surface area contributed by atoms with Gasteiger partial charge >= 0.3 is 0 Å². The van der Waals surface area contributed by atoms with Crippen molar-refractivity contribution in [3.8, 4) is 0 Å². The Morgan fingerprint density at radius 1 is 1.12 bits per heavy atom. The minimum absolute atomic E-state index is 0.0368. The fraction of sp³-hybridized carbons (Fsp3) is 0.560. The summed E-state index contributed by atoms with van der Waals surface area (Å²) in [5, 5.41) is 15.2. The third-order valence-electron chi connectivity index (χ3n) is 6.84. The van der Waals surface area contributed by atoms with Crippen molar-refractivity contribution < 1.29 is 19.5 Å². The Bertz CT molecular complexity index is 877. The molecule has 0 bridgehead atoms. The summed E-state index contributed by atoms with van der Waals surface area (Å²) in [7, 11) is 1.59. The van der Waals surface area contributed by atoms with Crippen molar-refractivity contribution in [3.63, 3.8) is 0 Å². The predicted molar refractivity (Wildman–Crippen MR) is 124 cm³/mol. The highest BCUT2D eigenvalue weighted by Crippen LogP contribution is 2.45. The number of carbonyl (C=O) groups excluding carboxylic acids is 3. The summed E-state index contributed by atoms with van der Waals surface area (Å²) < 4.78 is 0. The van der Waals surface area contributed by atoms with Crippen molar-refractivity contribution in [2.45, 2.75) is 46.1 Å². The average Bonchev–Trinajstić information content (AvgIpc) is 3.06. The first-order valence-corrected chi connectivity index (χ1v) is 11.5. The highest BCUT2D eigenvalue weighted by atomic mass is 16.3. The number of para-hydroxylation sites is 1. The Kier molecular flexibility index (Phi) is 7.72. The van der Waals surface area contributed by atoms with Crippen LogP contribution in [0, 0.1) is 37.5 Å². The molecule has 174 valence electrons. The molecule has 3 rings (SSSR count). The van der Waals surface area contributed by atoms with E-state index in [4.69, 9.17) is 0 Å². The maximum Gasteiger partial charge on any atom is 0.247 e. The number of likely N-dealkylation sites (tertiary alicyclic amines) is 1. The van der Waals surface area contributed by atoms with Crippen LogP contribution in [-0.2, 0) is 14.4 Å². The van der Waals surface area contributed by atoms with E-state index in [0.29, 0.717) is 6.42 Å². The SMILES string of the molecule is CCC[C@@H]1C=C[C@H]2[C@@H](C(=O)N(CCCO)[C@@H]2C(=O)Nc2c(C)cccc2C)[C@@H]1C(=O)NC. The first-order valence-electron chi connectivity index (χ1n) is 11.5. The number of benzene rings is 1. The molecule has 1 aromatic carbocycles. The third-order valence-corrected chi connectivity index (χ3v) is 6.84. The lowest BCUT2D eigenvalue weighted by molar-refractivity contribution is -0.140. The first-order chi connectivity index (χ1) is 15.3. The second-order valence-corrected chi connectivity index (χ2v) is 8.89. The van der Waals surface area contributed by atoms with Crippen LogP contribution in [0.25, 0.3) is 0 Å². The van der Waals surface area contributed by atoms with Crippen LogP contribution in [0.15, 0.2) is 30.4 Å². The summed E-state index contributed by atoms with van der Waals surface area (Å²) in [5.41, 5.74) is 2.65. The molecule has 3 N–H and O–H groups in total. The number of anilines is 1. The van der Waals surface area contributed by atoms with Crippen molar-refractivity contribution in [2.75, 3.05) is 25.5 Å². The molecule has 0 aromatic heterocycles. The van der Waals surface area contributed by atoms with E-state index in [0.717, 1.165) is 29.7 Å². The van der Waals surface area contributed by atoms with E-state index >= 15 is 0 Å². The molecule has 7 nitrogen and oxygen atoms in total. The lowest BCUT2D eigenvalue weighted by atomic mass is 9.68. The van der Waals surface area contributed by atoms with Gasteiger partial charge in [0, 0.05) is 31.8 Å². The second-order valence-electron chi connectivity index (χ2n) is 8.89. The topological polar surface area (TPSA) is 98.7 Å². The molecular weight excluding hydrogens is 406 g/mol.